The number of aromatic amines is 1. The fraction of sp³-hybridized carbons (Fsp3) is 0.0968. The number of allylic oxidation sites excluding steroid dienone is 2. The number of H-pyrrole nitrogens is 1. The van der Waals surface area contributed by atoms with Crippen molar-refractivity contribution in [2.24, 2.45) is 0 Å². The maximum Gasteiger partial charge on any atom is 0.234 e. The maximum absolute atomic E-state index is 12.7. The van der Waals surface area contributed by atoms with Crippen molar-refractivity contribution in [3.05, 3.63) is 114 Å². The van der Waals surface area contributed by atoms with Crippen LogP contribution >= 0.6 is 11.8 Å². The molecule has 5 aromatic rings. The highest BCUT2D eigenvalue weighted by Crippen LogP contribution is 2.30. The molecule has 2 N–H and O–H groups in total. The van der Waals surface area contributed by atoms with E-state index in [0.717, 1.165) is 22.0 Å². The minimum absolute atomic E-state index is 0.100. The summed E-state index contributed by atoms with van der Waals surface area (Å²) in [5.74, 6) is 0.590. The Bertz CT molecular complexity index is 1660. The lowest BCUT2D eigenvalue weighted by Gasteiger charge is -2.08. The highest BCUT2D eigenvalue weighted by Gasteiger charge is 2.17. The van der Waals surface area contributed by atoms with Gasteiger partial charge in [-0.25, -0.2) is 0 Å². The number of aryl methyl sites for hydroxylation is 1. The molecule has 0 saturated heterocycles. The second-order valence-corrected chi connectivity index (χ2v) is 9.92. The third-order valence-electron chi connectivity index (χ3n) is 6.15. The lowest BCUT2D eigenvalue weighted by molar-refractivity contribution is -0.113. The SMILES string of the molecule is C=CCn1c(SCC(=O)Nc2ccc(C(=O)/C=C/c3ccc(C)cc3)cc2)nnc1-c1c[nH]c2ccccc12. The number of nitrogens with one attached hydrogen (secondary N) is 2. The van der Waals surface area contributed by atoms with Crippen molar-refractivity contribution >= 4 is 46.1 Å². The average molecular weight is 534 g/mol. The molecule has 0 unspecified atom stereocenters. The van der Waals surface area contributed by atoms with E-state index in [1.807, 2.05) is 66.2 Å². The molecule has 1 amide bonds. The highest BCUT2D eigenvalue weighted by atomic mass is 32.2. The minimum atomic E-state index is -0.180. The Labute approximate surface area is 230 Å². The number of carbonyl (C=O) groups excluding carboxylic acids is 2. The first kappa shape index (κ1) is 25.9. The standard InChI is InChI=1S/C31H27N5O2S/c1-3-18-36-30(26-19-32-27-7-5-4-6-25(26)27)34-35-31(36)39-20-29(38)33-24-15-13-23(14-16-24)28(37)17-12-22-10-8-21(2)9-11-22/h3-17,19,32H,1,18,20H2,2H3,(H,33,38)/b17-12+. The third kappa shape index (κ3) is 6.08. The minimum Gasteiger partial charge on any atom is -0.360 e. The number of carbonyl (C=O) groups is 2. The molecule has 8 heteroatoms. The summed E-state index contributed by atoms with van der Waals surface area (Å²) >= 11 is 1.31. The third-order valence-corrected chi connectivity index (χ3v) is 7.12. The van der Waals surface area contributed by atoms with Gasteiger partial charge in [-0.2, -0.15) is 0 Å². The second kappa shape index (κ2) is 11.8. The van der Waals surface area contributed by atoms with Crippen LogP contribution in [0.4, 0.5) is 5.69 Å². The summed E-state index contributed by atoms with van der Waals surface area (Å²) in [6.45, 7) is 6.40. The summed E-state index contributed by atoms with van der Waals surface area (Å²) in [5.41, 5.74) is 5.26. The lowest BCUT2D eigenvalue weighted by Crippen LogP contribution is -2.14. The summed E-state index contributed by atoms with van der Waals surface area (Å²) < 4.78 is 1.95. The Hall–Kier alpha value is -4.69. The molecule has 0 aliphatic rings. The zero-order valence-corrected chi connectivity index (χ0v) is 22.2. The molecule has 0 radical (unpaired) electrons. The number of hydrogen-bond acceptors (Lipinski definition) is 5. The lowest BCUT2D eigenvalue weighted by atomic mass is 10.1. The second-order valence-electron chi connectivity index (χ2n) is 8.98. The summed E-state index contributed by atoms with van der Waals surface area (Å²) in [6.07, 6.45) is 7.05. The number of amides is 1. The molecule has 0 aliphatic heterocycles. The first-order valence-electron chi connectivity index (χ1n) is 12.4. The number of thioether (sulfide) groups is 1. The Kier molecular flexibility index (Phi) is 7.84. The normalized spacial score (nSPS) is 11.2. The maximum atomic E-state index is 12.7. The zero-order valence-electron chi connectivity index (χ0n) is 21.4. The predicted octanol–water partition coefficient (Wildman–Crippen LogP) is 6.55. The van der Waals surface area contributed by atoms with Crippen molar-refractivity contribution in [3.63, 3.8) is 0 Å². The van der Waals surface area contributed by atoms with Crippen LogP contribution in [0.2, 0.25) is 0 Å². The van der Waals surface area contributed by atoms with Crippen molar-refractivity contribution in [3.8, 4) is 11.4 Å². The molecular weight excluding hydrogens is 506 g/mol. The number of anilines is 1. The summed E-state index contributed by atoms with van der Waals surface area (Å²) in [4.78, 5) is 28.5. The molecule has 0 atom stereocenters. The van der Waals surface area contributed by atoms with Crippen LogP contribution in [0.5, 0.6) is 0 Å². The summed E-state index contributed by atoms with van der Waals surface area (Å²) in [7, 11) is 0. The molecule has 0 fully saturated rings. The molecule has 3 aromatic carbocycles. The van der Waals surface area contributed by atoms with Gasteiger partial charge in [0.15, 0.2) is 16.8 Å². The van der Waals surface area contributed by atoms with Crippen LogP contribution < -0.4 is 5.32 Å². The van der Waals surface area contributed by atoms with Crippen molar-refractivity contribution in [1.29, 1.82) is 0 Å². The summed E-state index contributed by atoms with van der Waals surface area (Å²) in [6, 6.07) is 22.8. The molecule has 7 nitrogen and oxygen atoms in total. The number of nitrogens with zero attached hydrogens (tertiary/aromatic N) is 3. The van der Waals surface area contributed by atoms with Crippen molar-refractivity contribution in [1.82, 2.24) is 19.7 Å². The Morgan fingerprint density at radius 1 is 1.03 bits per heavy atom. The van der Waals surface area contributed by atoms with E-state index in [1.54, 1.807) is 42.5 Å². The Morgan fingerprint density at radius 3 is 2.56 bits per heavy atom. The monoisotopic (exact) mass is 533 g/mol. The van der Waals surface area contributed by atoms with E-state index < -0.39 is 0 Å². The van der Waals surface area contributed by atoms with Gasteiger partial charge in [0.2, 0.25) is 5.91 Å². The van der Waals surface area contributed by atoms with E-state index in [-0.39, 0.29) is 17.4 Å². The van der Waals surface area contributed by atoms with E-state index in [1.165, 1.54) is 17.3 Å². The van der Waals surface area contributed by atoms with Crippen LogP contribution in [0, 0.1) is 6.92 Å². The number of para-hydroxylation sites is 1. The van der Waals surface area contributed by atoms with Gasteiger partial charge in [0.05, 0.1) is 5.75 Å². The Balaban J connectivity index is 1.21. The number of rotatable bonds is 10. The number of hydrogen-bond donors (Lipinski definition) is 2. The van der Waals surface area contributed by atoms with Gasteiger partial charge in [0.25, 0.3) is 0 Å². The van der Waals surface area contributed by atoms with Crippen molar-refractivity contribution in [2.75, 3.05) is 11.1 Å². The predicted molar refractivity (Wildman–Crippen MR) is 158 cm³/mol. The number of ketones is 1. The molecule has 39 heavy (non-hydrogen) atoms. The van der Waals surface area contributed by atoms with Gasteiger partial charge in [-0.15, -0.1) is 16.8 Å². The van der Waals surface area contributed by atoms with Crippen LogP contribution in [0.1, 0.15) is 21.5 Å². The van der Waals surface area contributed by atoms with Crippen LogP contribution in [0.3, 0.4) is 0 Å². The van der Waals surface area contributed by atoms with Crippen LogP contribution in [0.15, 0.2) is 103 Å². The molecule has 0 spiro atoms. The van der Waals surface area contributed by atoms with Gasteiger partial charge in [-0.1, -0.05) is 71.9 Å². The smallest absolute Gasteiger partial charge is 0.234 e. The van der Waals surface area contributed by atoms with Gasteiger partial charge in [-0.05, 0) is 48.9 Å². The van der Waals surface area contributed by atoms with Gasteiger partial charge in [-0.3, -0.25) is 14.2 Å². The van der Waals surface area contributed by atoms with Crippen molar-refractivity contribution < 1.29 is 9.59 Å². The highest BCUT2D eigenvalue weighted by molar-refractivity contribution is 7.99. The van der Waals surface area contributed by atoms with Gasteiger partial charge >= 0.3 is 0 Å². The molecule has 0 bridgehead atoms. The van der Waals surface area contributed by atoms with E-state index in [0.29, 0.717) is 28.8 Å². The molecule has 0 aliphatic carbocycles. The molecule has 5 rings (SSSR count). The van der Waals surface area contributed by atoms with Gasteiger partial charge in [0, 0.05) is 40.5 Å². The topological polar surface area (TPSA) is 92.7 Å². The Morgan fingerprint density at radius 2 is 1.79 bits per heavy atom. The van der Waals surface area contributed by atoms with Gasteiger partial charge < -0.3 is 10.3 Å². The molecule has 2 heterocycles. The molecule has 0 saturated carbocycles. The fourth-order valence-corrected chi connectivity index (χ4v) is 4.88. The largest absolute Gasteiger partial charge is 0.360 e. The van der Waals surface area contributed by atoms with Crippen molar-refractivity contribution in [2.45, 2.75) is 18.6 Å². The van der Waals surface area contributed by atoms with E-state index in [4.69, 9.17) is 0 Å². The quantitative estimate of drug-likeness (QED) is 0.0919. The molecule has 194 valence electrons. The van der Waals surface area contributed by atoms with Gasteiger partial charge in [0.1, 0.15) is 0 Å². The molecular formula is C31H27N5O2S. The van der Waals surface area contributed by atoms with E-state index in [9.17, 15) is 9.59 Å². The number of aromatic nitrogens is 4. The van der Waals surface area contributed by atoms with E-state index >= 15 is 0 Å². The number of fused-ring (bicyclic) bond motifs is 1. The molecule has 2 aromatic heterocycles. The summed E-state index contributed by atoms with van der Waals surface area (Å²) in [5, 5.41) is 13.3. The first-order valence-corrected chi connectivity index (χ1v) is 13.4. The van der Waals surface area contributed by atoms with Crippen LogP contribution in [-0.4, -0.2) is 37.2 Å². The first-order chi connectivity index (χ1) is 19.0. The van der Waals surface area contributed by atoms with E-state index in [2.05, 4.69) is 27.1 Å². The van der Waals surface area contributed by atoms with Crippen LogP contribution in [-0.2, 0) is 11.3 Å². The average Bonchev–Trinajstić information content (AvgIpc) is 3.56. The van der Waals surface area contributed by atoms with Crippen LogP contribution in [0.25, 0.3) is 28.4 Å². The fourth-order valence-electron chi connectivity index (χ4n) is 4.14. The zero-order chi connectivity index (χ0) is 27.2. The number of benzene rings is 3.